The monoisotopic (exact) mass is 1180 g/mol. The number of unbranched alkanes of at least 4 members (excludes halogenated alkanes) is 2. The van der Waals surface area contributed by atoms with Crippen LogP contribution in [0.25, 0.3) is 22.5 Å². The summed E-state index contributed by atoms with van der Waals surface area (Å²) in [5.74, 6) is -2.93. The number of hydrogen-bond donors (Lipinski definition) is 0. The van der Waals surface area contributed by atoms with E-state index in [1.54, 1.807) is 63.5 Å². The van der Waals surface area contributed by atoms with Crippen molar-refractivity contribution < 1.29 is 63.7 Å². The second kappa shape index (κ2) is 25.1. The first-order valence-electron chi connectivity index (χ1n) is 27.5. The van der Waals surface area contributed by atoms with Crippen molar-refractivity contribution in [3.63, 3.8) is 0 Å². The highest BCUT2D eigenvalue weighted by molar-refractivity contribution is 5.91. The quantitative estimate of drug-likeness (QED) is 0.0344. The second-order valence-electron chi connectivity index (χ2n) is 22.9. The van der Waals surface area contributed by atoms with Crippen LogP contribution in [0.1, 0.15) is 90.3 Å². The number of piperazine rings is 2. The van der Waals surface area contributed by atoms with Crippen molar-refractivity contribution >= 4 is 23.6 Å². The van der Waals surface area contributed by atoms with Crippen molar-refractivity contribution in [2.24, 2.45) is 0 Å². The van der Waals surface area contributed by atoms with Gasteiger partial charge in [0.15, 0.2) is 0 Å². The van der Waals surface area contributed by atoms with Gasteiger partial charge in [-0.05, 0) is 49.2 Å². The number of carbonyl (C=O) groups is 2. The minimum absolute atomic E-state index is 0.0150. The van der Waals surface area contributed by atoms with Crippen molar-refractivity contribution in [3.8, 4) is 22.5 Å². The van der Waals surface area contributed by atoms with Gasteiger partial charge in [0.25, 0.3) is 0 Å². The molecule has 18 nitrogen and oxygen atoms in total. The molecule has 4 aromatic heterocycles. The number of hydrogen-bond acceptors (Lipinski definition) is 14. The lowest BCUT2D eigenvalue weighted by atomic mass is 9.95. The minimum Gasteiger partial charge on any atom is -0.345 e. The molecule has 2 saturated heterocycles. The van der Waals surface area contributed by atoms with Gasteiger partial charge in [0.2, 0.25) is 0 Å². The summed E-state index contributed by atoms with van der Waals surface area (Å²) < 4.78 is 116. The molecule has 2 fully saturated rings. The molecule has 0 amide bonds. The van der Waals surface area contributed by atoms with Gasteiger partial charge in [-0.25, -0.2) is 47.9 Å². The van der Waals surface area contributed by atoms with E-state index < -0.39 is 69.5 Å². The Balaban J connectivity index is 0.983. The van der Waals surface area contributed by atoms with Gasteiger partial charge in [-0.3, -0.25) is 18.8 Å². The van der Waals surface area contributed by atoms with Gasteiger partial charge in [-0.15, -0.1) is 9.29 Å². The number of quaternary nitrogens is 2. The molecule has 84 heavy (non-hydrogen) atoms. The van der Waals surface area contributed by atoms with Gasteiger partial charge in [-0.1, -0.05) is 65.8 Å². The Labute approximate surface area is 479 Å². The number of benzene rings is 2. The van der Waals surface area contributed by atoms with E-state index in [0.717, 1.165) is 24.3 Å². The number of halogens is 8. The molecular formula is C58H66F8N12O6+2. The fourth-order valence-corrected chi connectivity index (χ4v) is 9.77. The standard InChI is InChI=1S/C58H66F8N12O6/c1-55(2,3)51-69-45(57(61,62)63)37-47(71-51)73-27-33-77(34-28-73,31-13-11-23-75-25-21-43(67-53(75)81)39-15-7-9-17-41(39)59)83-49(79)19-20-50(80)84-78(32-14-12-24-76-26-22-44(68-54(76)82)40-16-8-10-18-42(40)60)35-29-74(30-36-78)48-38-46(58(64,65)66)70-52(72-48)56(4,5)6/h7-10,15-22,25-26,37-38H,11-14,23-24,27-36H2,1-6H3/q+2/b20-19+. The van der Waals surface area contributed by atoms with Gasteiger partial charge >= 0.3 is 35.7 Å². The van der Waals surface area contributed by atoms with Crippen LogP contribution in [-0.2, 0) is 55.5 Å². The van der Waals surface area contributed by atoms with E-state index in [9.17, 15) is 54.3 Å². The smallest absolute Gasteiger partial charge is 0.345 e. The molecule has 6 heterocycles. The third kappa shape index (κ3) is 15.6. The maximum atomic E-state index is 14.5. The molecule has 26 heteroatoms. The van der Waals surface area contributed by atoms with Gasteiger partial charge in [0.1, 0.15) is 85.6 Å². The molecule has 0 spiro atoms. The van der Waals surface area contributed by atoms with Crippen LogP contribution in [-0.4, -0.2) is 126 Å². The average Bonchev–Trinajstić information content (AvgIpc) is 2.27. The Morgan fingerprint density at radius 3 is 1.20 bits per heavy atom. The lowest BCUT2D eigenvalue weighted by molar-refractivity contribution is -1.09. The van der Waals surface area contributed by atoms with E-state index in [1.807, 2.05) is 0 Å². The molecule has 0 bridgehead atoms. The Bertz CT molecular complexity index is 3200. The van der Waals surface area contributed by atoms with Crippen LogP contribution in [0.2, 0.25) is 0 Å². The fraction of sp³-hybridized carbons (Fsp3) is 0.448. The van der Waals surface area contributed by atoms with E-state index >= 15 is 0 Å². The van der Waals surface area contributed by atoms with Crippen molar-refractivity contribution in [1.29, 1.82) is 0 Å². The van der Waals surface area contributed by atoms with Crippen molar-refractivity contribution in [1.82, 2.24) is 39.0 Å². The number of anilines is 2. The summed E-state index contributed by atoms with van der Waals surface area (Å²) in [6, 6.07) is 16.6. The van der Waals surface area contributed by atoms with Crippen LogP contribution in [0.15, 0.2) is 107 Å². The summed E-state index contributed by atoms with van der Waals surface area (Å²) in [5.41, 5.74) is -4.45. The van der Waals surface area contributed by atoms with E-state index in [2.05, 4.69) is 29.9 Å². The lowest BCUT2D eigenvalue weighted by Crippen LogP contribution is -2.61. The molecule has 2 aliphatic rings. The number of nitrogens with zero attached hydrogens (tertiary/aromatic N) is 12. The molecule has 0 radical (unpaired) electrons. The minimum atomic E-state index is -4.76. The van der Waals surface area contributed by atoms with Gasteiger partial charge in [0, 0.05) is 84.6 Å². The first kappa shape index (κ1) is 62.1. The molecule has 0 aliphatic carbocycles. The van der Waals surface area contributed by atoms with Crippen LogP contribution in [0, 0.1) is 11.6 Å². The van der Waals surface area contributed by atoms with Crippen molar-refractivity contribution in [3.05, 3.63) is 153 Å². The first-order valence-corrected chi connectivity index (χ1v) is 27.5. The van der Waals surface area contributed by atoms with Crippen molar-refractivity contribution in [2.45, 2.75) is 103 Å². The number of aromatic nitrogens is 8. The fourth-order valence-electron chi connectivity index (χ4n) is 9.77. The summed E-state index contributed by atoms with van der Waals surface area (Å²) in [5, 5.41) is 0. The molecule has 0 N–H and O–H groups in total. The Morgan fingerprint density at radius 2 is 0.881 bits per heavy atom. The SMILES string of the molecule is CC(C)(C)c1nc(N2CC[N+](CCCCn3ccc(-c4ccccc4F)nc3=O)(OC(=O)/C=C/C(=O)O[N+]3(CCCCn4ccc(-c5ccccc5F)nc4=O)CCN(c4cc(C(F)(F)F)nc(C(C)(C)C)n4)CC3)CC2)cc(C(F)(F)F)n1. The number of alkyl halides is 6. The van der Waals surface area contributed by atoms with Crippen LogP contribution in [0.3, 0.4) is 0 Å². The Kier molecular flexibility index (Phi) is 18.5. The summed E-state index contributed by atoms with van der Waals surface area (Å²) in [6.45, 7) is 11.5. The molecule has 2 aliphatic heterocycles. The molecule has 0 unspecified atom stereocenters. The van der Waals surface area contributed by atoms with Crippen LogP contribution >= 0.6 is 0 Å². The summed E-state index contributed by atoms with van der Waals surface area (Å²) in [6.07, 6.45) is -3.22. The van der Waals surface area contributed by atoms with Crippen molar-refractivity contribution in [2.75, 3.05) is 75.2 Å². The first-order chi connectivity index (χ1) is 39.5. The largest absolute Gasteiger partial charge is 0.433 e. The zero-order valence-electron chi connectivity index (χ0n) is 47.4. The highest BCUT2D eigenvalue weighted by atomic mass is 19.4. The maximum absolute atomic E-state index is 14.5. The van der Waals surface area contributed by atoms with Gasteiger partial charge < -0.3 is 9.80 Å². The number of rotatable bonds is 18. The summed E-state index contributed by atoms with van der Waals surface area (Å²) in [7, 11) is 0. The topological polar surface area (TPSA) is 180 Å². The number of hydroxylamine groups is 6. The predicted molar refractivity (Wildman–Crippen MR) is 293 cm³/mol. The number of aryl methyl sites for hydroxylation is 2. The summed E-state index contributed by atoms with van der Waals surface area (Å²) in [4.78, 5) is 94.2. The highest BCUT2D eigenvalue weighted by Crippen LogP contribution is 2.35. The Hall–Kier alpha value is -8.00. The van der Waals surface area contributed by atoms with Crippen LogP contribution < -0.4 is 21.2 Å². The van der Waals surface area contributed by atoms with E-state index in [-0.39, 0.29) is 134 Å². The van der Waals surface area contributed by atoms with Gasteiger partial charge in [-0.2, -0.15) is 36.3 Å². The molecule has 448 valence electrons. The number of carbonyl (C=O) groups excluding carboxylic acids is 2. The van der Waals surface area contributed by atoms with E-state index in [4.69, 9.17) is 9.68 Å². The van der Waals surface area contributed by atoms with E-state index in [0.29, 0.717) is 25.7 Å². The molecule has 8 rings (SSSR count). The van der Waals surface area contributed by atoms with E-state index in [1.165, 1.54) is 70.1 Å². The maximum Gasteiger partial charge on any atom is 0.433 e. The predicted octanol–water partition coefficient (Wildman–Crippen LogP) is 9.03. The molecule has 2 aromatic carbocycles. The molecule has 0 saturated carbocycles. The zero-order valence-corrected chi connectivity index (χ0v) is 47.4. The summed E-state index contributed by atoms with van der Waals surface area (Å²) >= 11 is 0. The molecule has 0 atom stereocenters. The normalized spacial score (nSPS) is 15.8. The lowest BCUT2D eigenvalue weighted by Gasteiger charge is -2.42. The highest BCUT2D eigenvalue weighted by Gasteiger charge is 2.43. The zero-order chi connectivity index (χ0) is 60.8. The van der Waals surface area contributed by atoms with Crippen LogP contribution in [0.4, 0.5) is 46.8 Å². The third-order valence-corrected chi connectivity index (χ3v) is 14.5. The molecule has 6 aromatic rings. The van der Waals surface area contributed by atoms with Crippen LogP contribution in [0.5, 0.6) is 0 Å². The third-order valence-electron chi connectivity index (χ3n) is 14.5. The van der Waals surface area contributed by atoms with Gasteiger partial charge in [0.05, 0.1) is 37.6 Å². The molecular weight excluding hydrogens is 1110 g/mol. The Morgan fingerprint density at radius 1 is 0.524 bits per heavy atom. The second-order valence-corrected chi connectivity index (χ2v) is 22.9. The average molecular weight is 1180 g/mol.